The van der Waals surface area contributed by atoms with Gasteiger partial charge in [-0.3, -0.25) is 10.1 Å². The molecule has 0 aliphatic rings. The zero-order chi connectivity index (χ0) is 34.4. The summed E-state index contributed by atoms with van der Waals surface area (Å²) >= 11 is 0. The van der Waals surface area contributed by atoms with E-state index in [1.54, 1.807) is 0 Å². The van der Waals surface area contributed by atoms with Gasteiger partial charge in [0.25, 0.3) is 5.69 Å². The first kappa shape index (κ1) is 49.3. The number of hydrogen-bond acceptors (Lipinski definition) is 17. The van der Waals surface area contributed by atoms with Gasteiger partial charge >= 0.3 is 118 Å². The Balaban J connectivity index is 0.00000600. The minimum atomic E-state index is -5.33. The summed E-state index contributed by atoms with van der Waals surface area (Å²) in [5.41, 5.74) is 3.42. The normalized spacial score (nSPS) is 12.1. The molecule has 0 saturated carbocycles. The Labute approximate surface area is 373 Å². The SMILES string of the molecule is Nc1ccc2c(S(=O)(=O)[O-])cc(S(=O)(=O)[O-])cc2c1N=Nc1ccc(/C=C/c2ccc([N+](=O)[O-])cc2S(=O)(=O)[O-])c(S(=O)(=O)[O-])c1.[Na+].[Na+].[Na+].[Na+]. The van der Waals surface area contributed by atoms with E-state index in [2.05, 4.69) is 10.2 Å². The second kappa shape index (κ2) is 18.6. The van der Waals surface area contributed by atoms with Crippen LogP contribution in [0, 0.1) is 10.1 Å². The number of nitro groups is 1. The van der Waals surface area contributed by atoms with Gasteiger partial charge in [-0.25, -0.2) is 33.7 Å². The fourth-order valence-corrected chi connectivity index (χ4v) is 6.75. The number of fused-ring (bicyclic) bond motifs is 1. The van der Waals surface area contributed by atoms with E-state index in [-0.39, 0.29) is 146 Å². The van der Waals surface area contributed by atoms with Crippen LogP contribution in [-0.2, 0) is 40.5 Å². The van der Waals surface area contributed by atoms with Crippen LogP contribution in [0.5, 0.6) is 0 Å². The third-order valence-electron chi connectivity index (χ3n) is 6.08. The summed E-state index contributed by atoms with van der Waals surface area (Å²) in [4.78, 5) is 5.93. The van der Waals surface area contributed by atoms with Gasteiger partial charge in [-0.15, -0.1) is 5.11 Å². The van der Waals surface area contributed by atoms with Gasteiger partial charge in [0.15, 0.2) is 0 Å². The van der Waals surface area contributed by atoms with Crippen LogP contribution in [0.4, 0.5) is 22.7 Å². The molecule has 0 aliphatic carbocycles. The van der Waals surface area contributed by atoms with E-state index < -0.39 is 81.7 Å². The van der Waals surface area contributed by atoms with Crippen molar-refractivity contribution in [1.82, 2.24) is 0 Å². The van der Waals surface area contributed by atoms with E-state index in [4.69, 9.17) is 5.73 Å². The van der Waals surface area contributed by atoms with E-state index in [0.717, 1.165) is 54.6 Å². The van der Waals surface area contributed by atoms with Gasteiger partial charge in [-0.2, -0.15) is 5.11 Å². The van der Waals surface area contributed by atoms with Gasteiger partial charge in [-0.1, -0.05) is 24.3 Å². The van der Waals surface area contributed by atoms with Gasteiger partial charge in [0.1, 0.15) is 46.2 Å². The minimum Gasteiger partial charge on any atom is -0.744 e. The second-order valence-electron chi connectivity index (χ2n) is 9.07. The fraction of sp³-hybridized carbons (Fsp3) is 0. The number of nitrogens with two attached hydrogens (primary N) is 1. The maximum Gasteiger partial charge on any atom is 1.00 e. The summed E-state index contributed by atoms with van der Waals surface area (Å²) in [7, 11) is -21.2. The molecule has 0 bridgehead atoms. The van der Waals surface area contributed by atoms with Gasteiger partial charge in [0, 0.05) is 22.9 Å². The first-order chi connectivity index (χ1) is 21.1. The van der Waals surface area contributed by atoms with Crippen molar-refractivity contribution in [2.24, 2.45) is 10.2 Å². The third-order valence-corrected chi connectivity index (χ3v) is 9.56. The van der Waals surface area contributed by atoms with Crippen molar-refractivity contribution >= 4 is 86.1 Å². The van der Waals surface area contributed by atoms with E-state index in [1.165, 1.54) is 0 Å². The summed E-state index contributed by atoms with van der Waals surface area (Å²) < 4.78 is 142. The van der Waals surface area contributed by atoms with Crippen LogP contribution in [0.15, 0.2) is 90.5 Å². The maximum absolute atomic E-state index is 12.1. The molecule has 0 radical (unpaired) electrons. The predicted octanol–water partition coefficient (Wildman–Crippen LogP) is -9.45. The van der Waals surface area contributed by atoms with Crippen LogP contribution in [0.1, 0.15) is 11.1 Å². The molecule has 0 atom stereocenters. The number of azo groups is 1. The van der Waals surface area contributed by atoms with Crippen molar-refractivity contribution in [1.29, 1.82) is 0 Å². The van der Waals surface area contributed by atoms with Crippen molar-refractivity contribution in [3.8, 4) is 0 Å². The smallest absolute Gasteiger partial charge is 0.744 e. The number of non-ortho nitro benzene ring substituents is 1. The van der Waals surface area contributed by atoms with Gasteiger partial charge in [-0.05, 0) is 47.5 Å². The molecule has 242 valence electrons. The fourth-order valence-electron chi connectivity index (χ4n) is 4.06. The Morgan fingerprint density at radius 2 is 1.08 bits per heavy atom. The van der Waals surface area contributed by atoms with Crippen LogP contribution in [0.25, 0.3) is 22.9 Å². The molecule has 4 aromatic rings. The molecule has 2 N–H and O–H groups in total. The van der Waals surface area contributed by atoms with Crippen molar-refractivity contribution < 1.29 is 175 Å². The molecule has 4 aromatic carbocycles. The molecule has 0 heterocycles. The number of nitrogen functional groups attached to an aromatic ring is 1. The molecule has 0 aliphatic heterocycles. The molecule has 0 spiro atoms. The quantitative estimate of drug-likeness (QED) is 0.0312. The first-order valence-electron chi connectivity index (χ1n) is 11.8. The van der Waals surface area contributed by atoms with Gasteiger partial charge in [0.2, 0.25) is 0 Å². The average Bonchev–Trinajstić information content (AvgIpc) is 2.93. The predicted molar refractivity (Wildman–Crippen MR) is 153 cm³/mol. The summed E-state index contributed by atoms with van der Waals surface area (Å²) in [5.74, 6) is 0. The molecule has 4 rings (SSSR count). The van der Waals surface area contributed by atoms with E-state index in [9.17, 15) is 62.0 Å². The summed E-state index contributed by atoms with van der Waals surface area (Å²) in [6.45, 7) is 0. The summed E-state index contributed by atoms with van der Waals surface area (Å²) in [6.07, 6.45) is 1.85. The minimum absolute atomic E-state index is 0. The molecule has 0 unspecified atom stereocenters. The Bertz CT molecular complexity index is 2480. The van der Waals surface area contributed by atoms with Gasteiger partial charge in [0.05, 0.1) is 35.9 Å². The zero-order valence-corrected chi connectivity index (χ0v) is 37.5. The average molecular weight is 803 g/mol. The van der Waals surface area contributed by atoms with E-state index in [0.29, 0.717) is 18.2 Å². The molecular weight excluding hydrogens is 789 g/mol. The molecule has 26 heteroatoms. The number of nitro benzene ring substituents is 1. The molecule has 0 amide bonds. The topological polar surface area (TPSA) is 323 Å². The monoisotopic (exact) mass is 802 g/mol. The zero-order valence-electron chi connectivity index (χ0n) is 26.2. The molecule has 0 fully saturated rings. The first-order valence-corrected chi connectivity index (χ1v) is 17.4. The molecule has 0 saturated heterocycles. The van der Waals surface area contributed by atoms with Crippen molar-refractivity contribution in [3.63, 3.8) is 0 Å². The molecular formula is C24H14N4Na4O14S4. The Hall–Kier alpha value is -0.680. The van der Waals surface area contributed by atoms with Crippen LogP contribution in [0.2, 0.25) is 0 Å². The van der Waals surface area contributed by atoms with Crippen LogP contribution < -0.4 is 124 Å². The Morgan fingerprint density at radius 3 is 1.56 bits per heavy atom. The number of nitrogens with zero attached hydrogens (tertiary/aromatic N) is 3. The third kappa shape index (κ3) is 11.9. The summed E-state index contributed by atoms with van der Waals surface area (Å²) in [5, 5.41) is 17.8. The largest absolute Gasteiger partial charge is 1.00 e. The second-order valence-corrected chi connectivity index (χ2v) is 14.5. The van der Waals surface area contributed by atoms with Crippen molar-refractivity contribution in [2.45, 2.75) is 19.6 Å². The van der Waals surface area contributed by atoms with Crippen molar-refractivity contribution in [2.75, 3.05) is 5.73 Å². The number of hydrogen-bond donors (Lipinski definition) is 1. The van der Waals surface area contributed by atoms with Crippen LogP contribution >= 0.6 is 0 Å². The Kier molecular flexibility index (Phi) is 18.3. The number of anilines is 1. The molecule has 0 aromatic heterocycles. The van der Waals surface area contributed by atoms with Crippen molar-refractivity contribution in [3.05, 3.63) is 81.9 Å². The number of benzene rings is 4. The number of rotatable bonds is 9. The van der Waals surface area contributed by atoms with Gasteiger partial charge < -0.3 is 23.9 Å². The molecule has 50 heavy (non-hydrogen) atoms. The summed E-state index contributed by atoms with van der Waals surface area (Å²) in [6, 6.07) is 8.34. The maximum atomic E-state index is 12.1. The van der Waals surface area contributed by atoms with E-state index in [1.807, 2.05) is 0 Å². The van der Waals surface area contributed by atoms with E-state index >= 15 is 0 Å². The van der Waals surface area contributed by atoms with Crippen LogP contribution in [-0.4, -0.2) is 56.8 Å². The standard InChI is InChI=1S/C24H18N4O14S4.4Na/c25-20-8-7-18-19(11-17(43(31,32)33)12-23(18)46(40,41)42)24(20)27-26-15-5-3-13(21(9-15)44(34,35)36)1-2-14-4-6-16(28(29)30)10-22(14)45(37,38)39;;;;/h1-12H,25H2,(H,31,32,33)(H,34,35,36)(H,37,38,39)(H,40,41,42);;;;/q;4*+1/p-4/b2-1+,27-26?;;;;. The molecule has 18 nitrogen and oxygen atoms in total. The van der Waals surface area contributed by atoms with Crippen LogP contribution in [0.3, 0.4) is 0 Å². The Morgan fingerprint density at radius 1 is 0.580 bits per heavy atom.